The van der Waals surface area contributed by atoms with Crippen LogP contribution in [0.3, 0.4) is 0 Å². The third-order valence-corrected chi connectivity index (χ3v) is 6.73. The van der Waals surface area contributed by atoms with Crippen molar-refractivity contribution in [1.29, 1.82) is 0 Å². The van der Waals surface area contributed by atoms with Crippen molar-refractivity contribution in [1.82, 2.24) is 20.4 Å². The summed E-state index contributed by atoms with van der Waals surface area (Å²) in [4.78, 5) is 40.2. The van der Waals surface area contributed by atoms with Gasteiger partial charge in [0.15, 0.2) is 0 Å². The molecule has 3 rings (SSSR count). The first kappa shape index (κ1) is 25.0. The largest absolute Gasteiger partial charge is 0.376 e. The number of urea groups is 1. The summed E-state index contributed by atoms with van der Waals surface area (Å²) in [5, 5.41) is 5.73. The molecule has 8 nitrogen and oxygen atoms in total. The van der Waals surface area contributed by atoms with Crippen LogP contribution < -0.4 is 10.6 Å². The molecule has 1 heterocycles. The Bertz CT molecular complexity index is 793. The summed E-state index contributed by atoms with van der Waals surface area (Å²) in [5.74, 6) is -0.670. The zero-order valence-corrected chi connectivity index (χ0v) is 20.1. The highest BCUT2D eigenvalue weighted by molar-refractivity contribution is 6.34. The number of nitrogens with one attached hydrogen (secondary N) is 2. The molecular weight excluding hydrogens is 420 g/mol. The summed E-state index contributed by atoms with van der Waals surface area (Å²) in [6.07, 6.45) is 5.72. The number of amides is 4. The second kappa shape index (κ2) is 12.0. The number of ether oxygens (including phenoxy) is 1. The Hall–Kier alpha value is -2.61. The Balaban J connectivity index is 1.61. The van der Waals surface area contributed by atoms with Gasteiger partial charge in [0, 0.05) is 27.2 Å². The van der Waals surface area contributed by atoms with E-state index in [1.807, 2.05) is 13.0 Å². The van der Waals surface area contributed by atoms with Crippen molar-refractivity contribution in [2.75, 3.05) is 33.8 Å². The summed E-state index contributed by atoms with van der Waals surface area (Å²) in [6, 6.07) is 9.83. The molecule has 1 aromatic carbocycles. The Morgan fingerprint density at radius 3 is 2.39 bits per heavy atom. The molecule has 33 heavy (non-hydrogen) atoms. The molecule has 0 bridgehead atoms. The van der Waals surface area contributed by atoms with Gasteiger partial charge in [0.2, 0.25) is 0 Å². The molecule has 1 saturated carbocycles. The topological polar surface area (TPSA) is 91.0 Å². The quantitative estimate of drug-likeness (QED) is 0.641. The molecule has 2 fully saturated rings. The third-order valence-electron chi connectivity index (χ3n) is 6.73. The lowest BCUT2D eigenvalue weighted by molar-refractivity contribution is -0.145. The number of hydrogen-bond acceptors (Lipinski definition) is 4. The molecule has 0 unspecified atom stereocenters. The lowest BCUT2D eigenvalue weighted by atomic mass is 9.83. The number of rotatable bonds is 6. The molecule has 182 valence electrons. The smallest absolute Gasteiger partial charge is 0.317 e. The van der Waals surface area contributed by atoms with Crippen molar-refractivity contribution in [3.8, 4) is 0 Å². The maximum absolute atomic E-state index is 12.7. The van der Waals surface area contributed by atoms with E-state index in [1.165, 1.54) is 10.5 Å². The Kier molecular flexibility index (Phi) is 9.11. The lowest BCUT2D eigenvalue weighted by Crippen LogP contribution is -2.62. The van der Waals surface area contributed by atoms with Crippen molar-refractivity contribution < 1.29 is 19.1 Å². The highest BCUT2D eigenvalue weighted by atomic mass is 16.5. The normalized spacial score (nSPS) is 25.2. The van der Waals surface area contributed by atoms with E-state index < -0.39 is 11.8 Å². The zero-order valence-electron chi connectivity index (χ0n) is 20.1. The summed E-state index contributed by atoms with van der Waals surface area (Å²) < 4.78 is 6.32. The van der Waals surface area contributed by atoms with Crippen molar-refractivity contribution in [3.05, 3.63) is 35.9 Å². The van der Waals surface area contributed by atoms with E-state index in [-0.39, 0.29) is 24.2 Å². The number of likely N-dealkylation sites (N-methyl/N-ethyl adjacent to an activating group) is 1. The number of hydrogen-bond donors (Lipinski definition) is 2. The minimum atomic E-state index is -0.642. The molecule has 4 amide bonds. The van der Waals surface area contributed by atoms with Gasteiger partial charge in [0.1, 0.15) is 0 Å². The van der Waals surface area contributed by atoms with E-state index in [4.69, 9.17) is 4.74 Å². The van der Waals surface area contributed by atoms with Crippen LogP contribution in [0.1, 0.15) is 56.9 Å². The van der Waals surface area contributed by atoms with Gasteiger partial charge in [0.25, 0.3) is 0 Å². The minimum Gasteiger partial charge on any atom is -0.376 e. The molecule has 0 radical (unpaired) electrons. The van der Waals surface area contributed by atoms with E-state index in [1.54, 1.807) is 19.0 Å². The summed E-state index contributed by atoms with van der Waals surface area (Å²) in [5.41, 5.74) is 1.39. The third kappa shape index (κ3) is 6.69. The van der Waals surface area contributed by atoms with Crippen LogP contribution in [0.4, 0.5) is 4.79 Å². The fourth-order valence-electron chi connectivity index (χ4n) is 4.89. The molecule has 0 aromatic heterocycles. The van der Waals surface area contributed by atoms with Crippen molar-refractivity contribution in [2.45, 2.75) is 69.6 Å². The average Bonchev–Trinajstić information content (AvgIpc) is 2.83. The number of carbonyl (C=O) groups excluding carboxylic acids is 3. The van der Waals surface area contributed by atoms with Gasteiger partial charge in [-0.15, -0.1) is 0 Å². The first-order valence-electron chi connectivity index (χ1n) is 12.1. The first-order valence-corrected chi connectivity index (χ1v) is 12.1. The van der Waals surface area contributed by atoms with Gasteiger partial charge in [-0.05, 0) is 56.9 Å². The molecule has 8 heteroatoms. The average molecular weight is 459 g/mol. The van der Waals surface area contributed by atoms with Crippen molar-refractivity contribution >= 4 is 17.8 Å². The molecule has 2 atom stereocenters. The zero-order chi connectivity index (χ0) is 23.8. The van der Waals surface area contributed by atoms with Crippen LogP contribution >= 0.6 is 0 Å². The Morgan fingerprint density at radius 2 is 1.76 bits per heavy atom. The maximum atomic E-state index is 12.7. The Morgan fingerprint density at radius 1 is 1.06 bits per heavy atom. The van der Waals surface area contributed by atoms with Crippen LogP contribution in [0.25, 0.3) is 0 Å². The van der Waals surface area contributed by atoms with Gasteiger partial charge < -0.3 is 25.2 Å². The Labute approximate surface area is 197 Å². The number of benzene rings is 1. The standard InChI is InChI=1S/C25H38N4O4/c1-4-26-25(32)29-16-8-11-21(27-23(30)24(31)28(2)3)22(29)17-33-20-14-12-19(13-15-20)18-9-6-5-7-10-18/h5-7,9-10,19-22H,4,8,11-17H2,1-3H3,(H,26,32)(H,27,30)/t19?,20?,21-,22-/m0/s1. The van der Waals surface area contributed by atoms with E-state index in [0.717, 1.165) is 32.1 Å². The van der Waals surface area contributed by atoms with Gasteiger partial charge in [-0.3, -0.25) is 9.59 Å². The summed E-state index contributed by atoms with van der Waals surface area (Å²) in [6.45, 7) is 3.36. The monoisotopic (exact) mass is 458 g/mol. The van der Waals surface area contributed by atoms with Crippen LogP contribution in [0.15, 0.2) is 30.3 Å². The van der Waals surface area contributed by atoms with Gasteiger partial charge in [-0.25, -0.2) is 4.79 Å². The van der Waals surface area contributed by atoms with E-state index in [9.17, 15) is 14.4 Å². The summed E-state index contributed by atoms with van der Waals surface area (Å²) >= 11 is 0. The number of nitrogens with zero attached hydrogens (tertiary/aromatic N) is 2. The molecular formula is C25H38N4O4. The van der Waals surface area contributed by atoms with Gasteiger partial charge in [-0.1, -0.05) is 30.3 Å². The predicted octanol–water partition coefficient (Wildman–Crippen LogP) is 2.50. The predicted molar refractivity (Wildman–Crippen MR) is 127 cm³/mol. The van der Waals surface area contributed by atoms with E-state index >= 15 is 0 Å². The van der Waals surface area contributed by atoms with Gasteiger partial charge in [0.05, 0.1) is 24.8 Å². The van der Waals surface area contributed by atoms with E-state index in [2.05, 4.69) is 34.9 Å². The number of likely N-dealkylation sites (tertiary alicyclic amines) is 1. The SMILES string of the molecule is CCNC(=O)N1CCC[C@H](NC(=O)C(=O)N(C)C)[C@@H]1COC1CCC(c2ccccc2)CC1. The van der Waals surface area contributed by atoms with Gasteiger partial charge in [-0.2, -0.15) is 0 Å². The molecule has 0 spiro atoms. The lowest BCUT2D eigenvalue weighted by Gasteiger charge is -2.42. The summed E-state index contributed by atoms with van der Waals surface area (Å²) in [7, 11) is 3.10. The molecule has 1 aliphatic carbocycles. The minimum absolute atomic E-state index is 0.141. The van der Waals surface area contributed by atoms with Gasteiger partial charge >= 0.3 is 17.8 Å². The molecule has 1 saturated heterocycles. The first-order chi connectivity index (χ1) is 15.9. The fourth-order valence-corrected chi connectivity index (χ4v) is 4.89. The second-order valence-corrected chi connectivity index (χ2v) is 9.24. The van der Waals surface area contributed by atoms with E-state index in [0.29, 0.717) is 32.0 Å². The van der Waals surface area contributed by atoms with Crippen LogP contribution in [0.5, 0.6) is 0 Å². The molecule has 2 aliphatic rings. The van der Waals surface area contributed by atoms with Crippen LogP contribution in [-0.2, 0) is 14.3 Å². The van der Waals surface area contributed by atoms with Crippen molar-refractivity contribution in [3.63, 3.8) is 0 Å². The van der Waals surface area contributed by atoms with Crippen LogP contribution in [0, 0.1) is 0 Å². The fraction of sp³-hybridized carbons (Fsp3) is 0.640. The molecule has 1 aliphatic heterocycles. The maximum Gasteiger partial charge on any atom is 0.317 e. The molecule has 2 N–H and O–H groups in total. The van der Waals surface area contributed by atoms with Crippen LogP contribution in [0.2, 0.25) is 0 Å². The highest BCUT2D eigenvalue weighted by Crippen LogP contribution is 2.34. The molecule has 1 aromatic rings. The number of carbonyl (C=O) groups is 3. The van der Waals surface area contributed by atoms with Crippen molar-refractivity contribution in [2.24, 2.45) is 0 Å². The number of piperidine rings is 1. The second-order valence-electron chi connectivity index (χ2n) is 9.24. The highest BCUT2D eigenvalue weighted by Gasteiger charge is 2.37. The van der Waals surface area contributed by atoms with Crippen LogP contribution in [-0.4, -0.2) is 79.6 Å².